The fourth-order valence-electron chi connectivity index (χ4n) is 2.75. The lowest BCUT2D eigenvalue weighted by Gasteiger charge is -2.29. The molecule has 3 rings (SSSR count). The first-order valence-corrected chi connectivity index (χ1v) is 9.90. The van der Waals surface area contributed by atoms with E-state index in [1.165, 1.54) is 35.0 Å². The highest BCUT2D eigenvalue weighted by atomic mass is 35.5. The van der Waals surface area contributed by atoms with Crippen LogP contribution in [0.15, 0.2) is 34.1 Å². The second-order valence-electron chi connectivity index (χ2n) is 6.68. The van der Waals surface area contributed by atoms with E-state index in [2.05, 4.69) is 10.4 Å². The molecule has 0 aliphatic carbocycles. The van der Waals surface area contributed by atoms with E-state index in [1.54, 1.807) is 0 Å². The molecule has 0 saturated carbocycles. The van der Waals surface area contributed by atoms with Crippen molar-refractivity contribution in [3.05, 3.63) is 45.6 Å². The highest BCUT2D eigenvalue weighted by Gasteiger charge is 2.29. The van der Waals surface area contributed by atoms with Crippen molar-refractivity contribution >= 4 is 46.6 Å². The van der Waals surface area contributed by atoms with E-state index in [-0.39, 0.29) is 34.0 Å². The fourth-order valence-corrected chi connectivity index (χ4v) is 3.80. The predicted octanol–water partition coefficient (Wildman–Crippen LogP) is 2.77. The molecule has 0 atom stereocenters. The molecule has 148 valence electrons. The van der Waals surface area contributed by atoms with Gasteiger partial charge in [0, 0.05) is 6.54 Å². The van der Waals surface area contributed by atoms with E-state index in [1.807, 2.05) is 13.8 Å². The summed E-state index contributed by atoms with van der Waals surface area (Å²) in [7, 11) is 0. The standard InChI is InChI=1S/C18H18ClFN4O3S/c1-10(2)7-23-16(26)9-28-14-6-21-24(18(27)17(14)23)8-15(25)22-13-5-11(20)3-4-12(13)19/h3-6,10H,7-9H2,1-2H3,(H,22,25). The van der Waals surface area contributed by atoms with Gasteiger partial charge in [0.1, 0.15) is 18.0 Å². The van der Waals surface area contributed by atoms with Crippen LogP contribution in [0, 0.1) is 11.7 Å². The summed E-state index contributed by atoms with van der Waals surface area (Å²) in [4.78, 5) is 39.6. The number of thioether (sulfide) groups is 1. The van der Waals surface area contributed by atoms with Gasteiger partial charge in [0.15, 0.2) is 0 Å². The average molecular weight is 425 g/mol. The monoisotopic (exact) mass is 424 g/mol. The number of nitrogens with zero attached hydrogens (tertiary/aromatic N) is 3. The fraction of sp³-hybridized carbons (Fsp3) is 0.333. The number of benzene rings is 1. The molecule has 1 N–H and O–H groups in total. The van der Waals surface area contributed by atoms with Crippen LogP contribution in [0.25, 0.3) is 0 Å². The summed E-state index contributed by atoms with van der Waals surface area (Å²) in [5, 5.41) is 6.66. The first kappa shape index (κ1) is 20.3. The van der Waals surface area contributed by atoms with Crippen LogP contribution in [-0.4, -0.2) is 33.9 Å². The van der Waals surface area contributed by atoms with Crippen molar-refractivity contribution in [2.45, 2.75) is 25.3 Å². The molecule has 0 unspecified atom stereocenters. The van der Waals surface area contributed by atoms with Gasteiger partial charge < -0.3 is 10.2 Å². The normalized spacial score (nSPS) is 13.6. The van der Waals surface area contributed by atoms with Gasteiger partial charge in [-0.1, -0.05) is 25.4 Å². The van der Waals surface area contributed by atoms with Crippen molar-refractivity contribution in [2.24, 2.45) is 5.92 Å². The number of amides is 2. The number of hydrogen-bond acceptors (Lipinski definition) is 5. The molecule has 10 heteroatoms. The molecule has 1 aromatic carbocycles. The Labute approximate surface area is 169 Å². The van der Waals surface area contributed by atoms with Gasteiger partial charge in [0.05, 0.1) is 27.6 Å². The van der Waals surface area contributed by atoms with Crippen LogP contribution in [0.4, 0.5) is 15.8 Å². The van der Waals surface area contributed by atoms with Gasteiger partial charge in [-0.3, -0.25) is 14.4 Å². The lowest BCUT2D eigenvalue weighted by molar-refractivity contribution is -0.117. The van der Waals surface area contributed by atoms with Crippen LogP contribution in [0.5, 0.6) is 0 Å². The topological polar surface area (TPSA) is 84.3 Å². The molecule has 0 spiro atoms. The van der Waals surface area contributed by atoms with Crippen molar-refractivity contribution in [3.8, 4) is 0 Å². The summed E-state index contributed by atoms with van der Waals surface area (Å²) in [6.07, 6.45) is 1.48. The number of aromatic nitrogens is 2. The number of fused-ring (bicyclic) bond motifs is 1. The Bertz CT molecular complexity index is 995. The molecule has 0 radical (unpaired) electrons. The van der Waals surface area contributed by atoms with Gasteiger partial charge in [-0.15, -0.1) is 11.8 Å². The number of rotatable bonds is 5. The van der Waals surface area contributed by atoms with Gasteiger partial charge >= 0.3 is 0 Å². The number of anilines is 2. The molecule has 0 bridgehead atoms. The van der Waals surface area contributed by atoms with Gasteiger partial charge in [-0.25, -0.2) is 9.07 Å². The van der Waals surface area contributed by atoms with E-state index in [0.29, 0.717) is 11.4 Å². The van der Waals surface area contributed by atoms with Crippen molar-refractivity contribution in [1.29, 1.82) is 0 Å². The number of carbonyl (C=O) groups excluding carboxylic acids is 2. The van der Waals surface area contributed by atoms with Crippen molar-refractivity contribution in [3.63, 3.8) is 0 Å². The quantitative estimate of drug-likeness (QED) is 0.797. The van der Waals surface area contributed by atoms with Crippen LogP contribution in [-0.2, 0) is 16.1 Å². The third-order valence-electron chi connectivity index (χ3n) is 3.95. The Kier molecular flexibility index (Phi) is 6.04. The first-order valence-electron chi connectivity index (χ1n) is 8.54. The molecule has 7 nitrogen and oxygen atoms in total. The Morgan fingerprint density at radius 2 is 2.14 bits per heavy atom. The number of hydrogen-bond donors (Lipinski definition) is 1. The maximum absolute atomic E-state index is 13.3. The van der Waals surface area contributed by atoms with Crippen molar-refractivity contribution < 1.29 is 14.0 Å². The van der Waals surface area contributed by atoms with E-state index < -0.39 is 23.8 Å². The third-order valence-corrected chi connectivity index (χ3v) is 5.28. The zero-order valence-electron chi connectivity index (χ0n) is 15.2. The largest absolute Gasteiger partial charge is 0.323 e. The van der Waals surface area contributed by atoms with Crippen LogP contribution in [0.1, 0.15) is 13.8 Å². The van der Waals surface area contributed by atoms with Crippen molar-refractivity contribution in [2.75, 3.05) is 22.5 Å². The molecular formula is C18H18ClFN4O3S. The summed E-state index contributed by atoms with van der Waals surface area (Å²) in [5.41, 5.74) is -0.189. The van der Waals surface area contributed by atoms with E-state index in [9.17, 15) is 18.8 Å². The molecule has 0 saturated heterocycles. The van der Waals surface area contributed by atoms with Crippen LogP contribution in [0.3, 0.4) is 0 Å². The molecule has 28 heavy (non-hydrogen) atoms. The van der Waals surface area contributed by atoms with Crippen LogP contribution >= 0.6 is 23.4 Å². The minimum Gasteiger partial charge on any atom is -0.323 e. The lowest BCUT2D eigenvalue weighted by Crippen LogP contribution is -2.44. The van der Waals surface area contributed by atoms with E-state index >= 15 is 0 Å². The van der Waals surface area contributed by atoms with Crippen molar-refractivity contribution in [1.82, 2.24) is 9.78 Å². The zero-order chi connectivity index (χ0) is 20.4. The Hall–Kier alpha value is -2.39. The summed E-state index contributed by atoms with van der Waals surface area (Å²) >= 11 is 7.19. The number of halogens is 2. The number of nitrogens with one attached hydrogen (secondary N) is 1. The number of carbonyl (C=O) groups is 2. The minimum atomic E-state index is -0.591. The first-order chi connectivity index (χ1) is 13.3. The second-order valence-corrected chi connectivity index (χ2v) is 8.10. The Morgan fingerprint density at radius 3 is 2.86 bits per heavy atom. The van der Waals surface area contributed by atoms with Crippen LogP contribution in [0.2, 0.25) is 5.02 Å². The maximum Gasteiger partial charge on any atom is 0.292 e. The molecule has 0 fully saturated rings. The highest BCUT2D eigenvalue weighted by molar-refractivity contribution is 8.00. The zero-order valence-corrected chi connectivity index (χ0v) is 16.8. The van der Waals surface area contributed by atoms with Gasteiger partial charge in [-0.05, 0) is 24.1 Å². The molecule has 2 aromatic rings. The van der Waals surface area contributed by atoms with E-state index in [4.69, 9.17) is 11.6 Å². The predicted molar refractivity (Wildman–Crippen MR) is 106 cm³/mol. The SMILES string of the molecule is CC(C)CN1C(=O)CSc2cnn(CC(=O)Nc3cc(F)ccc3Cl)c(=O)c21. The van der Waals surface area contributed by atoms with Gasteiger partial charge in [0.2, 0.25) is 11.8 Å². The average Bonchev–Trinajstić information content (AvgIpc) is 2.62. The molecule has 1 aromatic heterocycles. The van der Waals surface area contributed by atoms with Gasteiger partial charge in [0.25, 0.3) is 5.56 Å². The lowest BCUT2D eigenvalue weighted by atomic mass is 10.2. The molecular weight excluding hydrogens is 407 g/mol. The summed E-state index contributed by atoms with van der Waals surface area (Å²) < 4.78 is 14.3. The minimum absolute atomic E-state index is 0.102. The summed E-state index contributed by atoms with van der Waals surface area (Å²) in [6.45, 7) is 3.90. The molecule has 1 aliphatic rings. The van der Waals surface area contributed by atoms with E-state index in [0.717, 1.165) is 10.7 Å². The Balaban J connectivity index is 1.87. The molecule has 2 heterocycles. The highest BCUT2D eigenvalue weighted by Crippen LogP contribution is 2.32. The van der Waals surface area contributed by atoms with Crippen LogP contribution < -0.4 is 15.8 Å². The van der Waals surface area contributed by atoms with Gasteiger partial charge in [-0.2, -0.15) is 5.10 Å². The third kappa shape index (κ3) is 4.36. The molecule has 2 amide bonds. The second kappa shape index (κ2) is 8.32. The summed E-state index contributed by atoms with van der Waals surface area (Å²) in [6, 6.07) is 3.58. The summed E-state index contributed by atoms with van der Waals surface area (Å²) in [5.74, 6) is -0.893. The molecule has 1 aliphatic heterocycles. The maximum atomic E-state index is 13.3. The Morgan fingerprint density at radius 1 is 1.39 bits per heavy atom. The smallest absolute Gasteiger partial charge is 0.292 e.